The molecule has 1 aromatic carbocycles. The van der Waals surface area contributed by atoms with Crippen LogP contribution in [0.5, 0.6) is 5.75 Å². The van der Waals surface area contributed by atoms with Crippen molar-refractivity contribution >= 4 is 0 Å². The molecular weight excluding hydrogens is 256 g/mol. The van der Waals surface area contributed by atoms with Gasteiger partial charge in [-0.3, -0.25) is 0 Å². The Bertz CT molecular complexity index is 525. The molecule has 0 unspecified atom stereocenters. The largest absolute Gasteiger partial charge is 0.487 e. The van der Waals surface area contributed by atoms with Gasteiger partial charge < -0.3 is 19.3 Å². The van der Waals surface area contributed by atoms with Crippen molar-refractivity contribution < 1.29 is 14.0 Å². The smallest absolute Gasteiger partial charge is 0.162 e. The molecule has 0 saturated carbocycles. The van der Waals surface area contributed by atoms with E-state index >= 15 is 0 Å². The normalized spacial score (nSPS) is 10.7. The van der Waals surface area contributed by atoms with E-state index in [0.717, 1.165) is 30.1 Å². The number of aromatic nitrogens is 1. The molecule has 0 spiro atoms. The monoisotopic (exact) mass is 276 g/mol. The standard InChI is InChI=1S/C15H20N2O3/c1-3-16-9-12-6-4-5-7-15(12)19-10-13-8-14(11-18-2)20-17-13/h4-8,16H,3,9-11H2,1-2H3. The molecule has 108 valence electrons. The van der Waals surface area contributed by atoms with Crippen molar-refractivity contribution in [2.24, 2.45) is 0 Å². The second-order valence-corrected chi connectivity index (χ2v) is 4.39. The van der Waals surface area contributed by atoms with Gasteiger partial charge in [0, 0.05) is 25.3 Å². The van der Waals surface area contributed by atoms with Crippen molar-refractivity contribution in [3.63, 3.8) is 0 Å². The van der Waals surface area contributed by atoms with E-state index in [0.29, 0.717) is 19.0 Å². The number of nitrogens with zero attached hydrogens (tertiary/aromatic N) is 1. The minimum Gasteiger partial charge on any atom is -0.487 e. The molecule has 0 aliphatic carbocycles. The van der Waals surface area contributed by atoms with Crippen molar-refractivity contribution in [1.82, 2.24) is 10.5 Å². The van der Waals surface area contributed by atoms with Crippen LogP contribution in [0, 0.1) is 0 Å². The predicted octanol–water partition coefficient (Wildman–Crippen LogP) is 2.51. The van der Waals surface area contributed by atoms with Gasteiger partial charge in [-0.25, -0.2) is 0 Å². The van der Waals surface area contributed by atoms with Gasteiger partial charge in [-0.1, -0.05) is 30.3 Å². The molecule has 0 amide bonds. The van der Waals surface area contributed by atoms with Gasteiger partial charge in [-0.05, 0) is 12.6 Å². The van der Waals surface area contributed by atoms with Gasteiger partial charge in [0.25, 0.3) is 0 Å². The number of ether oxygens (including phenoxy) is 2. The van der Waals surface area contributed by atoms with Gasteiger partial charge in [0.05, 0.1) is 0 Å². The number of nitrogens with one attached hydrogen (secondary N) is 1. The molecular formula is C15H20N2O3. The number of para-hydroxylation sites is 1. The lowest BCUT2D eigenvalue weighted by atomic mass is 10.2. The first-order valence-corrected chi connectivity index (χ1v) is 6.68. The van der Waals surface area contributed by atoms with E-state index in [1.165, 1.54) is 0 Å². The maximum absolute atomic E-state index is 5.81. The minimum absolute atomic E-state index is 0.385. The highest BCUT2D eigenvalue weighted by Gasteiger charge is 2.07. The van der Waals surface area contributed by atoms with Gasteiger partial charge in [0.2, 0.25) is 0 Å². The second-order valence-electron chi connectivity index (χ2n) is 4.39. The van der Waals surface area contributed by atoms with E-state index in [2.05, 4.69) is 23.5 Å². The van der Waals surface area contributed by atoms with Crippen molar-refractivity contribution in [1.29, 1.82) is 0 Å². The number of benzene rings is 1. The first-order chi connectivity index (χ1) is 9.83. The quantitative estimate of drug-likeness (QED) is 0.803. The van der Waals surface area contributed by atoms with Crippen molar-refractivity contribution in [3.05, 3.63) is 47.3 Å². The fourth-order valence-corrected chi connectivity index (χ4v) is 1.84. The molecule has 0 aliphatic heterocycles. The third-order valence-corrected chi connectivity index (χ3v) is 2.81. The molecule has 2 rings (SSSR count). The zero-order chi connectivity index (χ0) is 14.2. The molecule has 5 heteroatoms. The van der Waals surface area contributed by atoms with E-state index < -0.39 is 0 Å². The minimum atomic E-state index is 0.385. The van der Waals surface area contributed by atoms with E-state index in [1.807, 2.05) is 24.3 Å². The Hall–Kier alpha value is -1.85. The maximum Gasteiger partial charge on any atom is 0.162 e. The SMILES string of the molecule is CCNCc1ccccc1OCc1cc(COC)on1. The average molecular weight is 276 g/mol. The zero-order valence-corrected chi connectivity index (χ0v) is 11.9. The Morgan fingerprint density at radius 1 is 1.25 bits per heavy atom. The van der Waals surface area contributed by atoms with Crippen LogP contribution in [0.3, 0.4) is 0 Å². The number of hydrogen-bond donors (Lipinski definition) is 1. The van der Waals surface area contributed by atoms with Crippen LogP contribution < -0.4 is 10.1 Å². The zero-order valence-electron chi connectivity index (χ0n) is 11.9. The predicted molar refractivity (Wildman–Crippen MR) is 75.4 cm³/mol. The van der Waals surface area contributed by atoms with Crippen LogP contribution in [-0.2, 0) is 24.5 Å². The van der Waals surface area contributed by atoms with Gasteiger partial charge in [0.15, 0.2) is 5.76 Å². The molecule has 1 N–H and O–H groups in total. The first kappa shape index (κ1) is 14.6. The molecule has 0 bridgehead atoms. The third kappa shape index (κ3) is 4.08. The third-order valence-electron chi connectivity index (χ3n) is 2.81. The van der Waals surface area contributed by atoms with E-state index in [-0.39, 0.29) is 0 Å². The summed E-state index contributed by atoms with van der Waals surface area (Å²) in [5.74, 6) is 1.57. The molecule has 5 nitrogen and oxygen atoms in total. The number of rotatable bonds is 8. The van der Waals surface area contributed by atoms with Crippen LogP contribution in [-0.4, -0.2) is 18.8 Å². The molecule has 0 saturated heterocycles. The molecule has 0 radical (unpaired) electrons. The van der Waals surface area contributed by atoms with E-state index in [9.17, 15) is 0 Å². The van der Waals surface area contributed by atoms with Crippen LogP contribution in [0.1, 0.15) is 23.9 Å². The summed E-state index contributed by atoms with van der Waals surface area (Å²) in [5, 5.41) is 7.24. The summed E-state index contributed by atoms with van der Waals surface area (Å²) < 4.78 is 15.9. The molecule has 20 heavy (non-hydrogen) atoms. The van der Waals surface area contributed by atoms with Crippen LogP contribution in [0.25, 0.3) is 0 Å². The Morgan fingerprint density at radius 3 is 2.90 bits per heavy atom. The van der Waals surface area contributed by atoms with Crippen LogP contribution in [0.4, 0.5) is 0 Å². The number of methoxy groups -OCH3 is 1. The lowest BCUT2D eigenvalue weighted by molar-refractivity contribution is 0.155. The van der Waals surface area contributed by atoms with Gasteiger partial charge in [-0.2, -0.15) is 0 Å². The highest BCUT2D eigenvalue weighted by Crippen LogP contribution is 2.19. The molecule has 1 heterocycles. The van der Waals surface area contributed by atoms with Gasteiger partial charge in [0.1, 0.15) is 24.7 Å². The Kier molecular flexibility index (Phi) is 5.58. The fourth-order valence-electron chi connectivity index (χ4n) is 1.84. The van der Waals surface area contributed by atoms with Crippen molar-refractivity contribution in [2.45, 2.75) is 26.7 Å². The summed E-state index contributed by atoms with van der Waals surface area (Å²) in [6, 6.07) is 9.83. The Labute approximate surface area is 118 Å². The van der Waals surface area contributed by atoms with Crippen LogP contribution >= 0.6 is 0 Å². The summed E-state index contributed by atoms with van der Waals surface area (Å²) in [6.45, 7) is 4.61. The lowest BCUT2D eigenvalue weighted by Gasteiger charge is -2.10. The summed E-state index contributed by atoms with van der Waals surface area (Å²) in [5.41, 5.74) is 1.89. The molecule has 2 aromatic rings. The fraction of sp³-hybridized carbons (Fsp3) is 0.400. The Balaban J connectivity index is 1.95. The van der Waals surface area contributed by atoms with Crippen molar-refractivity contribution in [2.75, 3.05) is 13.7 Å². The summed E-state index contributed by atoms with van der Waals surface area (Å²) >= 11 is 0. The summed E-state index contributed by atoms with van der Waals surface area (Å²) in [4.78, 5) is 0. The maximum atomic E-state index is 5.81. The Morgan fingerprint density at radius 2 is 2.10 bits per heavy atom. The molecule has 0 fully saturated rings. The van der Waals surface area contributed by atoms with E-state index in [4.69, 9.17) is 14.0 Å². The topological polar surface area (TPSA) is 56.5 Å². The second kappa shape index (κ2) is 7.67. The molecule has 1 aromatic heterocycles. The van der Waals surface area contributed by atoms with Crippen LogP contribution in [0.15, 0.2) is 34.9 Å². The van der Waals surface area contributed by atoms with Crippen molar-refractivity contribution in [3.8, 4) is 5.75 Å². The summed E-state index contributed by atoms with van der Waals surface area (Å²) in [6.07, 6.45) is 0. The first-order valence-electron chi connectivity index (χ1n) is 6.68. The van der Waals surface area contributed by atoms with E-state index in [1.54, 1.807) is 7.11 Å². The highest BCUT2D eigenvalue weighted by molar-refractivity contribution is 5.33. The van der Waals surface area contributed by atoms with Crippen LogP contribution in [0.2, 0.25) is 0 Å². The lowest BCUT2D eigenvalue weighted by Crippen LogP contribution is -2.12. The highest BCUT2D eigenvalue weighted by atomic mass is 16.5. The average Bonchev–Trinajstić information content (AvgIpc) is 2.92. The molecule has 0 aliphatic rings. The molecule has 0 atom stereocenters. The van der Waals surface area contributed by atoms with Gasteiger partial charge >= 0.3 is 0 Å². The number of hydrogen-bond acceptors (Lipinski definition) is 5. The van der Waals surface area contributed by atoms with Gasteiger partial charge in [-0.15, -0.1) is 0 Å². The summed E-state index contributed by atoms with van der Waals surface area (Å²) in [7, 11) is 1.62.